The molecule has 0 aromatic carbocycles. The maximum atomic E-state index is 4.61. The SMILES string of the molecule is BC1(C)CCCCC2/C(=N/C)N(C)CCC2CCC1. The van der Waals surface area contributed by atoms with Gasteiger partial charge in [0.1, 0.15) is 13.7 Å². The molecular formula is C16H31BN2. The van der Waals surface area contributed by atoms with Crippen LogP contribution in [-0.4, -0.2) is 39.2 Å². The van der Waals surface area contributed by atoms with Crippen molar-refractivity contribution < 1.29 is 0 Å². The molecule has 0 radical (unpaired) electrons. The monoisotopic (exact) mass is 262 g/mol. The quantitative estimate of drug-likeness (QED) is 0.612. The highest BCUT2D eigenvalue weighted by Gasteiger charge is 2.33. The summed E-state index contributed by atoms with van der Waals surface area (Å²) in [7, 11) is 6.66. The maximum Gasteiger partial charge on any atom is 0.109 e. The third-order valence-electron chi connectivity index (χ3n) is 5.40. The Kier molecular flexibility index (Phi) is 4.97. The van der Waals surface area contributed by atoms with E-state index in [1.54, 1.807) is 0 Å². The van der Waals surface area contributed by atoms with Crippen molar-refractivity contribution in [3.8, 4) is 0 Å². The van der Waals surface area contributed by atoms with E-state index in [1.165, 1.54) is 63.7 Å². The predicted molar refractivity (Wildman–Crippen MR) is 86.8 cm³/mol. The second-order valence-corrected chi connectivity index (χ2v) is 7.46. The number of nitrogens with zero attached hydrogens (tertiary/aromatic N) is 2. The lowest BCUT2D eigenvalue weighted by molar-refractivity contribution is 0.235. The molecule has 1 saturated heterocycles. The van der Waals surface area contributed by atoms with Crippen LogP contribution in [0.5, 0.6) is 0 Å². The van der Waals surface area contributed by atoms with Crippen molar-refractivity contribution >= 4 is 13.7 Å². The standard InChI is InChI=1S/C16H31BN2/c1-16(17)10-5-4-8-14-13(7-6-11-16)9-12-19(3)15(14)18-2/h13-14H,4-12,17H2,1-3H3/b18-15-. The van der Waals surface area contributed by atoms with Crippen molar-refractivity contribution in [1.82, 2.24) is 4.90 Å². The Bertz CT molecular complexity index is 325. The van der Waals surface area contributed by atoms with Crippen LogP contribution in [0.4, 0.5) is 0 Å². The number of rotatable bonds is 0. The Labute approximate surface area is 120 Å². The normalized spacial score (nSPS) is 39.9. The molecule has 2 aliphatic rings. The van der Waals surface area contributed by atoms with Crippen LogP contribution in [0.3, 0.4) is 0 Å². The van der Waals surface area contributed by atoms with Gasteiger partial charge in [-0.25, -0.2) is 0 Å². The number of aliphatic imine (C=N–C) groups is 1. The molecular weight excluding hydrogens is 231 g/mol. The highest BCUT2D eigenvalue weighted by molar-refractivity contribution is 6.14. The van der Waals surface area contributed by atoms with Gasteiger partial charge in [-0.1, -0.05) is 44.3 Å². The fourth-order valence-corrected chi connectivity index (χ4v) is 4.15. The topological polar surface area (TPSA) is 15.6 Å². The summed E-state index contributed by atoms with van der Waals surface area (Å²) in [5.41, 5.74) is 0. The zero-order valence-corrected chi connectivity index (χ0v) is 13.4. The van der Waals surface area contributed by atoms with Gasteiger partial charge in [-0.15, -0.1) is 0 Å². The van der Waals surface area contributed by atoms with Crippen molar-refractivity contribution in [2.75, 3.05) is 20.6 Å². The van der Waals surface area contributed by atoms with Gasteiger partial charge < -0.3 is 4.90 Å². The zero-order valence-electron chi connectivity index (χ0n) is 13.4. The Morgan fingerprint density at radius 1 is 1.16 bits per heavy atom. The molecule has 108 valence electrons. The summed E-state index contributed by atoms with van der Waals surface area (Å²) in [4.78, 5) is 7.01. The van der Waals surface area contributed by atoms with Gasteiger partial charge in [0.15, 0.2) is 0 Å². The van der Waals surface area contributed by atoms with E-state index >= 15 is 0 Å². The fraction of sp³-hybridized carbons (Fsp3) is 0.938. The van der Waals surface area contributed by atoms with E-state index in [0.717, 1.165) is 11.8 Å². The summed E-state index contributed by atoms with van der Waals surface area (Å²) in [6.45, 7) is 3.66. The zero-order chi connectivity index (χ0) is 13.9. The van der Waals surface area contributed by atoms with Crippen LogP contribution < -0.4 is 0 Å². The smallest absolute Gasteiger partial charge is 0.109 e. The van der Waals surface area contributed by atoms with Crippen molar-refractivity contribution in [1.29, 1.82) is 0 Å². The summed E-state index contributed by atoms with van der Waals surface area (Å²) in [6.07, 6.45) is 11.2. The van der Waals surface area contributed by atoms with Gasteiger partial charge in [-0.2, -0.15) is 0 Å². The molecule has 1 aliphatic heterocycles. The third kappa shape index (κ3) is 3.76. The summed E-state index contributed by atoms with van der Waals surface area (Å²) < 4.78 is 0. The molecule has 1 heterocycles. The minimum absolute atomic E-state index is 0.569. The first-order valence-electron chi connectivity index (χ1n) is 8.21. The van der Waals surface area contributed by atoms with Crippen LogP contribution in [0.15, 0.2) is 4.99 Å². The largest absolute Gasteiger partial charge is 0.363 e. The Morgan fingerprint density at radius 3 is 2.63 bits per heavy atom. The van der Waals surface area contributed by atoms with Gasteiger partial charge in [0.2, 0.25) is 0 Å². The molecule has 2 fully saturated rings. The molecule has 3 unspecified atom stereocenters. The van der Waals surface area contributed by atoms with Crippen LogP contribution in [0.2, 0.25) is 5.31 Å². The first-order valence-corrected chi connectivity index (χ1v) is 8.21. The average Bonchev–Trinajstić information content (AvgIpc) is 2.36. The molecule has 3 atom stereocenters. The molecule has 0 aromatic heterocycles. The minimum atomic E-state index is 0.569. The predicted octanol–water partition coefficient (Wildman–Crippen LogP) is 3.14. The van der Waals surface area contributed by atoms with Crippen LogP contribution in [0, 0.1) is 11.8 Å². The molecule has 19 heavy (non-hydrogen) atoms. The minimum Gasteiger partial charge on any atom is -0.363 e. The summed E-state index contributed by atoms with van der Waals surface area (Å²) >= 11 is 0. The Morgan fingerprint density at radius 2 is 1.89 bits per heavy atom. The second kappa shape index (κ2) is 6.32. The molecule has 0 spiro atoms. The molecule has 2 nitrogen and oxygen atoms in total. The summed E-state index contributed by atoms with van der Waals surface area (Å²) in [5, 5.41) is 0.569. The van der Waals surface area contributed by atoms with Crippen LogP contribution in [0.1, 0.15) is 58.3 Å². The Hall–Kier alpha value is -0.465. The van der Waals surface area contributed by atoms with Gasteiger partial charge >= 0.3 is 0 Å². The summed E-state index contributed by atoms with van der Waals surface area (Å²) in [6, 6.07) is 0. The first-order chi connectivity index (χ1) is 9.03. The number of hydrogen-bond donors (Lipinski definition) is 0. The first kappa shape index (κ1) is 14.9. The van der Waals surface area contributed by atoms with Crippen molar-refractivity contribution in [3.63, 3.8) is 0 Å². The van der Waals surface area contributed by atoms with Crippen LogP contribution in [0.25, 0.3) is 0 Å². The number of fused-ring (bicyclic) bond motifs is 1. The molecule has 1 aliphatic carbocycles. The van der Waals surface area contributed by atoms with E-state index in [9.17, 15) is 0 Å². The van der Waals surface area contributed by atoms with Gasteiger partial charge in [-0.3, -0.25) is 4.99 Å². The second-order valence-electron chi connectivity index (χ2n) is 7.46. The molecule has 0 bridgehead atoms. The molecule has 2 rings (SSSR count). The molecule has 0 N–H and O–H groups in total. The van der Waals surface area contributed by atoms with Crippen molar-refractivity contribution in [2.24, 2.45) is 16.8 Å². The number of hydrogen-bond acceptors (Lipinski definition) is 1. The fourth-order valence-electron chi connectivity index (χ4n) is 4.15. The molecule has 0 amide bonds. The molecule has 0 aromatic rings. The molecule has 3 heteroatoms. The van der Waals surface area contributed by atoms with E-state index < -0.39 is 0 Å². The number of amidine groups is 1. The summed E-state index contributed by atoms with van der Waals surface area (Å²) in [5.74, 6) is 3.02. The highest BCUT2D eigenvalue weighted by atomic mass is 15.2. The number of piperidine rings is 1. The maximum absolute atomic E-state index is 4.61. The van der Waals surface area contributed by atoms with Gasteiger partial charge in [0.05, 0.1) is 0 Å². The number of likely N-dealkylation sites (tertiary alicyclic amines) is 1. The van der Waals surface area contributed by atoms with Gasteiger partial charge in [-0.05, 0) is 25.2 Å². The van der Waals surface area contributed by atoms with E-state index in [4.69, 9.17) is 0 Å². The third-order valence-corrected chi connectivity index (χ3v) is 5.40. The Balaban J connectivity index is 2.06. The van der Waals surface area contributed by atoms with E-state index in [2.05, 4.69) is 31.7 Å². The lowest BCUT2D eigenvalue weighted by Crippen LogP contribution is -2.43. The van der Waals surface area contributed by atoms with Crippen molar-refractivity contribution in [3.05, 3.63) is 0 Å². The van der Waals surface area contributed by atoms with E-state index in [-0.39, 0.29) is 0 Å². The molecule has 1 saturated carbocycles. The van der Waals surface area contributed by atoms with Gasteiger partial charge in [0.25, 0.3) is 0 Å². The van der Waals surface area contributed by atoms with E-state index in [0.29, 0.717) is 5.31 Å². The van der Waals surface area contributed by atoms with Crippen LogP contribution >= 0.6 is 0 Å². The van der Waals surface area contributed by atoms with Gasteiger partial charge in [0, 0.05) is 26.6 Å². The lowest BCUT2D eigenvalue weighted by Gasteiger charge is -2.40. The van der Waals surface area contributed by atoms with E-state index in [1.807, 2.05) is 7.05 Å². The average molecular weight is 262 g/mol. The highest BCUT2D eigenvalue weighted by Crippen LogP contribution is 2.40. The van der Waals surface area contributed by atoms with Crippen LogP contribution in [-0.2, 0) is 0 Å². The van der Waals surface area contributed by atoms with Crippen molar-refractivity contribution in [2.45, 2.75) is 63.6 Å². The lowest BCUT2D eigenvalue weighted by atomic mass is 9.63.